The van der Waals surface area contributed by atoms with Crippen molar-refractivity contribution in [2.45, 2.75) is 39.3 Å². The first kappa shape index (κ1) is 20.9. The summed E-state index contributed by atoms with van der Waals surface area (Å²) in [6.45, 7) is 7.64. The Balaban J connectivity index is 1.64. The Morgan fingerprint density at radius 2 is 2.03 bits per heavy atom. The SMILES string of the molecule is CC(C)(C)OC(=O)N1CC[C@H](Cn2c(-c3ccccc3Cl)cc3cnc(Cl)nc32)C1. The van der Waals surface area contributed by atoms with Crippen LogP contribution in [0.15, 0.2) is 36.5 Å². The number of amides is 1. The highest BCUT2D eigenvalue weighted by atomic mass is 35.5. The molecule has 2 aromatic heterocycles. The van der Waals surface area contributed by atoms with Gasteiger partial charge in [0.2, 0.25) is 5.28 Å². The van der Waals surface area contributed by atoms with Crippen LogP contribution in [0.4, 0.5) is 4.79 Å². The molecule has 1 aromatic carbocycles. The smallest absolute Gasteiger partial charge is 0.410 e. The highest BCUT2D eigenvalue weighted by Crippen LogP contribution is 2.34. The van der Waals surface area contributed by atoms with E-state index in [4.69, 9.17) is 27.9 Å². The van der Waals surface area contributed by atoms with E-state index < -0.39 is 5.60 Å². The molecular formula is C22H24Cl2N4O2. The molecule has 6 nitrogen and oxygen atoms in total. The van der Waals surface area contributed by atoms with Gasteiger partial charge < -0.3 is 14.2 Å². The molecule has 1 atom stereocenters. The fourth-order valence-electron chi connectivity index (χ4n) is 3.83. The van der Waals surface area contributed by atoms with Crippen LogP contribution < -0.4 is 0 Å². The van der Waals surface area contributed by atoms with Crippen LogP contribution in [0.3, 0.4) is 0 Å². The molecular weight excluding hydrogens is 423 g/mol. The summed E-state index contributed by atoms with van der Waals surface area (Å²) in [5, 5.41) is 1.77. The van der Waals surface area contributed by atoms with Gasteiger partial charge in [0.05, 0.1) is 5.69 Å². The molecule has 0 radical (unpaired) electrons. The Kier molecular flexibility index (Phi) is 5.64. The van der Waals surface area contributed by atoms with Crippen LogP contribution >= 0.6 is 23.2 Å². The third-order valence-electron chi connectivity index (χ3n) is 5.13. The summed E-state index contributed by atoms with van der Waals surface area (Å²) < 4.78 is 7.66. The van der Waals surface area contributed by atoms with Gasteiger partial charge >= 0.3 is 6.09 Å². The fraction of sp³-hybridized carbons (Fsp3) is 0.409. The van der Waals surface area contributed by atoms with Crippen molar-refractivity contribution in [3.8, 4) is 11.3 Å². The Bertz CT molecular complexity index is 1090. The number of hydrogen-bond donors (Lipinski definition) is 0. The fourth-order valence-corrected chi connectivity index (χ4v) is 4.19. The van der Waals surface area contributed by atoms with Crippen LogP contribution in [-0.2, 0) is 11.3 Å². The van der Waals surface area contributed by atoms with E-state index in [0.29, 0.717) is 24.7 Å². The number of nitrogens with zero attached hydrogens (tertiary/aromatic N) is 4. The van der Waals surface area contributed by atoms with Crippen molar-refractivity contribution in [2.24, 2.45) is 5.92 Å². The van der Waals surface area contributed by atoms with Crippen molar-refractivity contribution in [1.82, 2.24) is 19.4 Å². The Morgan fingerprint density at radius 1 is 1.27 bits per heavy atom. The molecule has 1 fully saturated rings. The van der Waals surface area contributed by atoms with E-state index in [9.17, 15) is 4.79 Å². The first-order chi connectivity index (χ1) is 14.2. The van der Waals surface area contributed by atoms with Gasteiger partial charge in [0.25, 0.3) is 0 Å². The summed E-state index contributed by atoms with van der Waals surface area (Å²) in [5.74, 6) is 0.267. The third kappa shape index (κ3) is 4.40. The van der Waals surface area contributed by atoms with E-state index >= 15 is 0 Å². The number of carbonyl (C=O) groups is 1. The van der Waals surface area contributed by atoms with Gasteiger partial charge in [0.15, 0.2) is 0 Å². The minimum atomic E-state index is -0.503. The van der Waals surface area contributed by atoms with Crippen LogP contribution in [0, 0.1) is 5.92 Å². The number of fused-ring (bicyclic) bond motifs is 1. The molecule has 0 unspecified atom stereocenters. The lowest BCUT2D eigenvalue weighted by Crippen LogP contribution is -2.35. The second kappa shape index (κ2) is 8.08. The molecule has 0 bridgehead atoms. The number of carbonyl (C=O) groups excluding carboxylic acids is 1. The summed E-state index contributed by atoms with van der Waals surface area (Å²) >= 11 is 12.6. The van der Waals surface area contributed by atoms with Gasteiger partial charge in [-0.05, 0) is 56.8 Å². The van der Waals surface area contributed by atoms with Crippen LogP contribution in [0.5, 0.6) is 0 Å². The van der Waals surface area contributed by atoms with Gasteiger partial charge in [-0.2, -0.15) is 4.98 Å². The van der Waals surface area contributed by atoms with E-state index in [1.165, 1.54) is 0 Å². The lowest BCUT2D eigenvalue weighted by molar-refractivity contribution is 0.0287. The zero-order valence-electron chi connectivity index (χ0n) is 17.2. The molecule has 0 aliphatic carbocycles. The van der Waals surface area contributed by atoms with Crippen molar-refractivity contribution in [2.75, 3.05) is 13.1 Å². The predicted octanol–water partition coefficient (Wildman–Crippen LogP) is 5.66. The van der Waals surface area contributed by atoms with Crippen molar-refractivity contribution in [3.63, 3.8) is 0 Å². The van der Waals surface area contributed by atoms with E-state index in [1.807, 2.05) is 51.1 Å². The van der Waals surface area contributed by atoms with E-state index in [0.717, 1.165) is 28.7 Å². The summed E-state index contributed by atoms with van der Waals surface area (Å²) in [6.07, 6.45) is 2.35. The first-order valence-electron chi connectivity index (χ1n) is 9.96. The molecule has 1 aliphatic rings. The Labute approximate surface area is 185 Å². The van der Waals surface area contributed by atoms with Crippen molar-refractivity contribution >= 4 is 40.3 Å². The molecule has 4 rings (SSSR count). The number of aromatic nitrogens is 3. The monoisotopic (exact) mass is 446 g/mol. The maximum absolute atomic E-state index is 12.4. The second-order valence-corrected chi connectivity index (χ2v) is 9.36. The molecule has 0 spiro atoms. The molecule has 3 aromatic rings. The molecule has 158 valence electrons. The third-order valence-corrected chi connectivity index (χ3v) is 5.65. The molecule has 3 heterocycles. The zero-order chi connectivity index (χ0) is 21.5. The normalized spacial score (nSPS) is 17.0. The van der Waals surface area contributed by atoms with Crippen molar-refractivity contribution < 1.29 is 9.53 Å². The van der Waals surface area contributed by atoms with E-state index in [2.05, 4.69) is 14.5 Å². The highest BCUT2D eigenvalue weighted by molar-refractivity contribution is 6.33. The molecule has 1 aliphatic heterocycles. The summed E-state index contributed by atoms with van der Waals surface area (Å²) in [6, 6.07) is 9.77. The number of likely N-dealkylation sites (tertiary alicyclic amines) is 1. The van der Waals surface area contributed by atoms with Gasteiger partial charge in [-0.25, -0.2) is 9.78 Å². The van der Waals surface area contributed by atoms with Gasteiger partial charge in [0.1, 0.15) is 11.2 Å². The quantitative estimate of drug-likeness (QED) is 0.486. The number of rotatable bonds is 3. The number of ether oxygens (including phenoxy) is 1. The van der Waals surface area contributed by atoms with Crippen molar-refractivity contribution in [3.05, 3.63) is 46.8 Å². The molecule has 1 amide bonds. The summed E-state index contributed by atoms with van der Waals surface area (Å²) in [7, 11) is 0. The lowest BCUT2D eigenvalue weighted by atomic mass is 10.1. The lowest BCUT2D eigenvalue weighted by Gasteiger charge is -2.24. The largest absolute Gasteiger partial charge is 0.444 e. The maximum atomic E-state index is 12.4. The van der Waals surface area contributed by atoms with Gasteiger partial charge in [-0.1, -0.05) is 29.8 Å². The average Bonchev–Trinajstić information content (AvgIpc) is 3.27. The summed E-state index contributed by atoms with van der Waals surface area (Å²) in [4.78, 5) is 22.8. The molecule has 8 heteroatoms. The standard InChI is InChI=1S/C22H24Cl2N4O2/c1-22(2,3)30-21(29)27-9-8-14(12-27)13-28-18(16-6-4-5-7-17(16)23)10-15-11-25-20(24)26-19(15)28/h4-7,10-11,14H,8-9,12-13H2,1-3H3/t14-/m0/s1. The van der Waals surface area contributed by atoms with E-state index in [1.54, 1.807) is 11.1 Å². The van der Waals surface area contributed by atoms with Gasteiger partial charge in [-0.3, -0.25) is 0 Å². The van der Waals surface area contributed by atoms with E-state index in [-0.39, 0.29) is 17.3 Å². The van der Waals surface area contributed by atoms with Crippen LogP contribution in [0.1, 0.15) is 27.2 Å². The first-order valence-corrected chi connectivity index (χ1v) is 10.7. The molecule has 0 N–H and O–H groups in total. The van der Waals surface area contributed by atoms with Crippen LogP contribution in [0.25, 0.3) is 22.3 Å². The molecule has 30 heavy (non-hydrogen) atoms. The van der Waals surface area contributed by atoms with Gasteiger partial charge in [0, 0.05) is 41.8 Å². The predicted molar refractivity (Wildman–Crippen MR) is 119 cm³/mol. The minimum absolute atomic E-state index is 0.203. The van der Waals surface area contributed by atoms with Crippen LogP contribution in [0.2, 0.25) is 10.3 Å². The second-order valence-electron chi connectivity index (χ2n) is 8.62. The Morgan fingerprint density at radius 3 is 2.77 bits per heavy atom. The van der Waals surface area contributed by atoms with Gasteiger partial charge in [-0.15, -0.1) is 0 Å². The van der Waals surface area contributed by atoms with Crippen LogP contribution in [-0.4, -0.2) is 44.2 Å². The Hall–Kier alpha value is -2.31. The highest BCUT2D eigenvalue weighted by Gasteiger charge is 2.31. The molecule has 0 saturated carbocycles. The number of hydrogen-bond acceptors (Lipinski definition) is 4. The van der Waals surface area contributed by atoms with Crippen molar-refractivity contribution in [1.29, 1.82) is 0 Å². The minimum Gasteiger partial charge on any atom is -0.444 e. The average molecular weight is 447 g/mol. The number of benzene rings is 1. The number of halogens is 2. The molecule has 1 saturated heterocycles. The summed E-state index contributed by atoms with van der Waals surface area (Å²) in [5.41, 5.74) is 2.15. The maximum Gasteiger partial charge on any atom is 0.410 e. The topological polar surface area (TPSA) is 60.2 Å². The zero-order valence-corrected chi connectivity index (χ0v) is 18.7.